The minimum absolute atomic E-state index is 0.164. The van der Waals surface area contributed by atoms with E-state index in [2.05, 4.69) is 0 Å². The summed E-state index contributed by atoms with van der Waals surface area (Å²) < 4.78 is 5.08. The zero-order chi connectivity index (χ0) is 8.10. The van der Waals surface area contributed by atoms with E-state index in [-0.39, 0.29) is 5.38 Å². The Morgan fingerprint density at radius 1 is 1.45 bits per heavy atom. The van der Waals surface area contributed by atoms with Crippen LogP contribution in [0.4, 0.5) is 0 Å². The molecular weight excluding hydrogens is 183 g/mol. The fraction of sp³-hybridized carbons (Fsp3) is 1.00. The van der Waals surface area contributed by atoms with E-state index < -0.39 is 0 Å². The molecule has 1 heterocycles. The van der Waals surface area contributed by atoms with Crippen LogP contribution in [0.3, 0.4) is 0 Å². The molecule has 2 atom stereocenters. The summed E-state index contributed by atoms with van der Waals surface area (Å²) in [6, 6.07) is 0. The predicted molar refractivity (Wildman–Crippen MR) is 48.6 cm³/mol. The van der Waals surface area contributed by atoms with E-state index >= 15 is 0 Å². The summed E-state index contributed by atoms with van der Waals surface area (Å²) in [7, 11) is 0. The molecule has 1 aliphatic rings. The molecule has 0 aliphatic carbocycles. The molecule has 1 nitrogen and oxygen atoms in total. The summed E-state index contributed by atoms with van der Waals surface area (Å²) in [6.07, 6.45) is 5.22. The Morgan fingerprint density at radius 2 is 2.18 bits per heavy atom. The van der Waals surface area contributed by atoms with Gasteiger partial charge in [0.25, 0.3) is 0 Å². The summed E-state index contributed by atoms with van der Waals surface area (Å²) in [5, 5.41) is 0.164. The van der Waals surface area contributed by atoms with Crippen molar-refractivity contribution in [2.45, 2.75) is 37.2 Å². The number of hydrogen-bond donors (Lipinski definition) is 0. The maximum absolute atomic E-state index is 5.83. The molecule has 0 amide bonds. The van der Waals surface area contributed by atoms with Gasteiger partial charge in [-0.05, 0) is 12.8 Å². The van der Waals surface area contributed by atoms with Gasteiger partial charge in [0.2, 0.25) is 0 Å². The molecule has 3 heteroatoms. The topological polar surface area (TPSA) is 12.5 Å². The molecule has 1 fully saturated rings. The van der Waals surface area contributed by atoms with E-state index in [1.807, 2.05) is 0 Å². The Morgan fingerprint density at radius 3 is 2.73 bits per heavy atom. The van der Waals surface area contributed by atoms with Gasteiger partial charge in [0, 0.05) is 11.3 Å². The number of unbranched alkanes of at least 4 members (excludes halogenated alkanes) is 1. The zero-order valence-corrected chi connectivity index (χ0v) is 8.07. The molecule has 1 saturated heterocycles. The first kappa shape index (κ1) is 9.63. The molecule has 0 unspecified atom stereocenters. The van der Waals surface area contributed by atoms with Crippen molar-refractivity contribution >= 4 is 23.2 Å². The Bertz CT molecular complexity index is 104. The third-order valence-electron chi connectivity index (χ3n) is 1.86. The average molecular weight is 197 g/mol. The highest BCUT2D eigenvalue weighted by molar-refractivity contribution is 6.28. The van der Waals surface area contributed by atoms with Crippen LogP contribution in [0.25, 0.3) is 0 Å². The molecule has 0 radical (unpaired) electrons. The molecule has 1 rings (SSSR count). The van der Waals surface area contributed by atoms with Gasteiger partial charge < -0.3 is 4.74 Å². The van der Waals surface area contributed by atoms with E-state index in [0.717, 1.165) is 13.0 Å². The molecule has 0 saturated carbocycles. The smallest absolute Gasteiger partial charge is 0.0810 e. The first-order valence-corrected chi connectivity index (χ1v) is 5.11. The summed E-state index contributed by atoms with van der Waals surface area (Å²) in [5.41, 5.74) is 0. The lowest BCUT2D eigenvalue weighted by atomic mass is 10.1. The lowest BCUT2D eigenvalue weighted by Crippen LogP contribution is -1.99. The minimum Gasteiger partial charge on any atom is -0.373 e. The summed E-state index contributed by atoms with van der Waals surface area (Å²) in [4.78, 5) is 0. The van der Waals surface area contributed by atoms with Gasteiger partial charge in [-0.2, -0.15) is 0 Å². The number of alkyl halides is 2. The molecule has 0 N–H and O–H groups in total. The highest BCUT2D eigenvalue weighted by Gasteiger charge is 2.21. The Hall–Kier alpha value is 0.540. The number of ether oxygens (including phenoxy) is 1. The largest absolute Gasteiger partial charge is 0.373 e. The van der Waals surface area contributed by atoms with Gasteiger partial charge in [0.15, 0.2) is 0 Å². The van der Waals surface area contributed by atoms with E-state index in [1.54, 1.807) is 0 Å². The van der Waals surface area contributed by atoms with Gasteiger partial charge in [-0.15, -0.1) is 23.2 Å². The normalized spacial score (nSPS) is 25.1. The van der Waals surface area contributed by atoms with Crippen LogP contribution in [0.1, 0.15) is 25.7 Å². The van der Waals surface area contributed by atoms with Crippen molar-refractivity contribution in [2.75, 3.05) is 12.5 Å². The Labute approximate surface area is 78.0 Å². The number of hydrogen-bond acceptors (Lipinski definition) is 1. The number of epoxide rings is 1. The highest BCUT2D eigenvalue weighted by Crippen LogP contribution is 2.18. The summed E-state index contributed by atoms with van der Waals surface area (Å²) in [6.45, 7) is 0.972. The van der Waals surface area contributed by atoms with Crippen molar-refractivity contribution < 1.29 is 4.74 Å². The minimum atomic E-state index is 0.164. The van der Waals surface area contributed by atoms with Crippen molar-refractivity contribution in [1.29, 1.82) is 0 Å². The highest BCUT2D eigenvalue weighted by atomic mass is 35.5. The summed E-state index contributed by atoms with van der Waals surface area (Å²) >= 11 is 11.4. The first-order valence-electron chi connectivity index (χ1n) is 4.14. The van der Waals surface area contributed by atoms with Crippen molar-refractivity contribution in [3.05, 3.63) is 0 Å². The van der Waals surface area contributed by atoms with Crippen LogP contribution >= 0.6 is 23.2 Å². The predicted octanol–water partition coefficient (Wildman–Crippen LogP) is 2.79. The van der Waals surface area contributed by atoms with Gasteiger partial charge in [0.1, 0.15) is 0 Å². The van der Waals surface area contributed by atoms with Crippen molar-refractivity contribution in [1.82, 2.24) is 0 Å². The maximum atomic E-state index is 5.83. The number of halogens is 2. The van der Waals surface area contributed by atoms with Gasteiger partial charge >= 0.3 is 0 Å². The Kier molecular flexibility index (Phi) is 4.58. The SMILES string of the molecule is ClC[C@@H](Cl)CCCC[C@H]1CO1. The fourth-order valence-electron chi connectivity index (χ4n) is 1.05. The van der Waals surface area contributed by atoms with E-state index in [4.69, 9.17) is 27.9 Å². The quantitative estimate of drug-likeness (QED) is 0.362. The van der Waals surface area contributed by atoms with E-state index in [0.29, 0.717) is 12.0 Å². The first-order chi connectivity index (χ1) is 5.33. The number of rotatable bonds is 6. The van der Waals surface area contributed by atoms with E-state index in [1.165, 1.54) is 19.3 Å². The molecule has 0 aromatic carbocycles. The van der Waals surface area contributed by atoms with Gasteiger partial charge in [-0.3, -0.25) is 0 Å². The zero-order valence-electron chi connectivity index (χ0n) is 6.56. The van der Waals surface area contributed by atoms with Crippen LogP contribution in [0.2, 0.25) is 0 Å². The molecule has 0 aromatic rings. The molecule has 1 aliphatic heterocycles. The lowest BCUT2D eigenvalue weighted by Gasteiger charge is -2.03. The second-order valence-electron chi connectivity index (χ2n) is 2.99. The molecule has 11 heavy (non-hydrogen) atoms. The monoisotopic (exact) mass is 196 g/mol. The summed E-state index contributed by atoms with van der Waals surface area (Å²) in [5.74, 6) is 0.571. The van der Waals surface area contributed by atoms with Crippen LogP contribution in [0.5, 0.6) is 0 Å². The van der Waals surface area contributed by atoms with Crippen LogP contribution < -0.4 is 0 Å². The second kappa shape index (κ2) is 5.23. The molecule has 0 bridgehead atoms. The van der Waals surface area contributed by atoms with Gasteiger partial charge in [-0.25, -0.2) is 0 Å². The van der Waals surface area contributed by atoms with Gasteiger partial charge in [0.05, 0.1) is 12.7 Å². The fourth-order valence-corrected chi connectivity index (χ4v) is 1.36. The second-order valence-corrected chi connectivity index (χ2v) is 3.92. The maximum Gasteiger partial charge on any atom is 0.0810 e. The van der Waals surface area contributed by atoms with Crippen LogP contribution in [-0.2, 0) is 4.74 Å². The van der Waals surface area contributed by atoms with Crippen LogP contribution in [-0.4, -0.2) is 24.0 Å². The molecular formula is C8H14Cl2O. The Balaban J connectivity index is 1.79. The van der Waals surface area contributed by atoms with E-state index in [9.17, 15) is 0 Å². The standard InChI is InChI=1S/C8H14Cl2O/c9-5-7(10)3-1-2-4-8-6-11-8/h7-8H,1-6H2/t7-,8-/m0/s1. The van der Waals surface area contributed by atoms with Crippen molar-refractivity contribution in [3.8, 4) is 0 Å². The van der Waals surface area contributed by atoms with Crippen molar-refractivity contribution in [2.24, 2.45) is 0 Å². The molecule has 0 spiro atoms. The molecule has 66 valence electrons. The van der Waals surface area contributed by atoms with Crippen molar-refractivity contribution in [3.63, 3.8) is 0 Å². The van der Waals surface area contributed by atoms with Crippen LogP contribution in [0, 0.1) is 0 Å². The third kappa shape index (κ3) is 4.89. The molecule has 0 aromatic heterocycles. The van der Waals surface area contributed by atoms with Gasteiger partial charge in [-0.1, -0.05) is 12.8 Å². The lowest BCUT2D eigenvalue weighted by molar-refractivity contribution is 0.388. The van der Waals surface area contributed by atoms with Crippen LogP contribution in [0.15, 0.2) is 0 Å². The third-order valence-corrected chi connectivity index (χ3v) is 2.77. The average Bonchev–Trinajstić information content (AvgIpc) is 2.81.